The van der Waals surface area contributed by atoms with Gasteiger partial charge in [-0.15, -0.1) is 0 Å². The lowest BCUT2D eigenvalue weighted by atomic mass is 9.99. The van der Waals surface area contributed by atoms with E-state index in [4.69, 9.17) is 22.6 Å². The molecule has 200 valence electrons. The van der Waals surface area contributed by atoms with Gasteiger partial charge in [0.2, 0.25) is 11.8 Å². The van der Waals surface area contributed by atoms with Crippen molar-refractivity contribution in [3.05, 3.63) is 0 Å². The Kier molecular flexibility index (Phi) is 12.6. The smallest absolute Gasteiger partial charge is 0.315 e. The van der Waals surface area contributed by atoms with E-state index in [-0.39, 0.29) is 17.8 Å². The molecule has 0 bridgehead atoms. The maximum atomic E-state index is 12.9. The van der Waals surface area contributed by atoms with Crippen LogP contribution in [0.3, 0.4) is 0 Å². The Morgan fingerprint density at radius 1 is 1.14 bits per heavy atom. The summed E-state index contributed by atoms with van der Waals surface area (Å²) >= 11 is 0. The molecule has 0 aromatic rings. The van der Waals surface area contributed by atoms with E-state index in [2.05, 4.69) is 26.3 Å². The minimum Gasteiger partial charge on any atom is -0.394 e. The van der Waals surface area contributed by atoms with Gasteiger partial charge in [-0.25, -0.2) is 4.79 Å². The molecule has 0 unspecified atom stereocenters. The number of rotatable bonds is 12. The summed E-state index contributed by atoms with van der Waals surface area (Å²) in [4.78, 5) is 42.7. The quantitative estimate of drug-likeness (QED) is 0.0727. The Morgan fingerprint density at radius 2 is 1.83 bits per heavy atom. The van der Waals surface area contributed by atoms with Crippen LogP contribution < -0.4 is 38.5 Å². The van der Waals surface area contributed by atoms with Crippen molar-refractivity contribution in [2.75, 3.05) is 26.2 Å². The molecule has 15 heteroatoms. The number of carbonyl (C=O) groups excluding carboxylic acids is 3. The Labute approximate surface area is 204 Å². The second-order valence-corrected chi connectivity index (χ2v) is 8.63. The molecule has 0 radical (unpaired) electrons. The number of nitrogens with one attached hydrogen (secondary N) is 5. The first kappa shape index (κ1) is 29.7. The van der Waals surface area contributed by atoms with Crippen LogP contribution in [-0.2, 0) is 9.59 Å². The molecule has 13 N–H and O–H groups in total. The van der Waals surface area contributed by atoms with Crippen LogP contribution in [0.1, 0.15) is 39.5 Å². The third-order valence-electron chi connectivity index (χ3n) is 5.45. The van der Waals surface area contributed by atoms with Gasteiger partial charge in [0.05, 0.1) is 12.6 Å². The molecular formula is C20H40N10O5. The van der Waals surface area contributed by atoms with Crippen LogP contribution in [0.15, 0.2) is 4.99 Å². The van der Waals surface area contributed by atoms with Crippen molar-refractivity contribution >= 4 is 29.8 Å². The SMILES string of the molecule is CC(C)[C@H](NC(=O)[C@H](CO)NC(=O)NCCCCN=C(N)N)C(=O)N[C@H]1CCCN(C(=N)N)[C@@H]1O. The van der Waals surface area contributed by atoms with Crippen LogP contribution >= 0.6 is 0 Å². The van der Waals surface area contributed by atoms with E-state index in [1.807, 2.05) is 0 Å². The summed E-state index contributed by atoms with van der Waals surface area (Å²) in [5, 5.41) is 37.8. The molecule has 35 heavy (non-hydrogen) atoms. The zero-order valence-electron chi connectivity index (χ0n) is 20.3. The summed E-state index contributed by atoms with van der Waals surface area (Å²) in [6.07, 6.45) is 1.17. The molecular weight excluding hydrogens is 460 g/mol. The Hall–Kier alpha value is -3.33. The molecule has 0 aliphatic carbocycles. The van der Waals surface area contributed by atoms with Crippen molar-refractivity contribution in [1.29, 1.82) is 5.41 Å². The van der Waals surface area contributed by atoms with E-state index >= 15 is 0 Å². The summed E-state index contributed by atoms with van der Waals surface area (Å²) in [5.74, 6) is -1.91. The number of piperidine rings is 1. The van der Waals surface area contributed by atoms with Crippen LogP contribution in [0.2, 0.25) is 0 Å². The highest BCUT2D eigenvalue weighted by molar-refractivity contribution is 5.92. The minimum atomic E-state index is -1.28. The first-order chi connectivity index (χ1) is 16.5. The monoisotopic (exact) mass is 500 g/mol. The van der Waals surface area contributed by atoms with Crippen LogP contribution in [-0.4, -0.2) is 95.5 Å². The van der Waals surface area contributed by atoms with Gasteiger partial charge in [-0.3, -0.25) is 20.0 Å². The fourth-order valence-corrected chi connectivity index (χ4v) is 3.50. The molecule has 0 saturated carbocycles. The summed E-state index contributed by atoms with van der Waals surface area (Å²) in [7, 11) is 0. The summed E-state index contributed by atoms with van der Waals surface area (Å²) < 4.78 is 0. The van der Waals surface area contributed by atoms with Gasteiger partial charge in [-0.1, -0.05) is 13.8 Å². The number of likely N-dealkylation sites (tertiary alicyclic amines) is 1. The maximum Gasteiger partial charge on any atom is 0.315 e. The molecule has 1 saturated heterocycles. The number of amides is 4. The van der Waals surface area contributed by atoms with Crippen LogP contribution in [0, 0.1) is 11.3 Å². The van der Waals surface area contributed by atoms with Gasteiger partial charge in [-0.05, 0) is 31.6 Å². The van der Waals surface area contributed by atoms with Gasteiger partial charge >= 0.3 is 6.03 Å². The number of aliphatic imine (C=N–C) groups is 1. The van der Waals surface area contributed by atoms with Gasteiger partial charge in [0, 0.05) is 19.6 Å². The van der Waals surface area contributed by atoms with Crippen molar-refractivity contribution in [2.24, 2.45) is 28.1 Å². The molecule has 4 amide bonds. The number of nitrogens with zero attached hydrogens (tertiary/aromatic N) is 2. The lowest BCUT2D eigenvalue weighted by Gasteiger charge is -2.39. The predicted octanol–water partition coefficient (Wildman–Crippen LogP) is -3.37. The highest BCUT2D eigenvalue weighted by Gasteiger charge is 2.35. The average Bonchev–Trinajstić information content (AvgIpc) is 2.78. The van der Waals surface area contributed by atoms with E-state index in [9.17, 15) is 24.6 Å². The van der Waals surface area contributed by atoms with Gasteiger partial charge < -0.3 is 53.6 Å². The van der Waals surface area contributed by atoms with Crippen molar-refractivity contribution < 1.29 is 24.6 Å². The maximum absolute atomic E-state index is 12.9. The molecule has 1 aliphatic rings. The molecule has 0 spiro atoms. The molecule has 1 heterocycles. The van der Waals surface area contributed by atoms with E-state index in [1.54, 1.807) is 13.8 Å². The molecule has 1 rings (SSSR count). The Bertz CT molecular complexity index is 759. The topological polar surface area (TPSA) is 257 Å². The van der Waals surface area contributed by atoms with Gasteiger partial charge in [0.25, 0.3) is 0 Å². The van der Waals surface area contributed by atoms with Gasteiger partial charge in [0.15, 0.2) is 11.9 Å². The van der Waals surface area contributed by atoms with Crippen molar-refractivity contribution in [1.82, 2.24) is 26.2 Å². The second-order valence-electron chi connectivity index (χ2n) is 8.63. The zero-order valence-corrected chi connectivity index (χ0v) is 20.3. The highest BCUT2D eigenvalue weighted by Crippen LogP contribution is 2.16. The molecule has 15 nitrogen and oxygen atoms in total. The number of hydrogen-bond acceptors (Lipinski definition) is 7. The van der Waals surface area contributed by atoms with Crippen LogP contribution in [0.25, 0.3) is 0 Å². The summed E-state index contributed by atoms with van der Waals surface area (Å²) in [5.41, 5.74) is 15.9. The summed E-state index contributed by atoms with van der Waals surface area (Å²) in [6.45, 7) is 3.90. The van der Waals surface area contributed by atoms with E-state index in [1.165, 1.54) is 4.90 Å². The number of hydrogen-bond donors (Lipinski definition) is 10. The predicted molar refractivity (Wildman–Crippen MR) is 130 cm³/mol. The summed E-state index contributed by atoms with van der Waals surface area (Å²) in [6, 6.07) is -3.60. The van der Waals surface area contributed by atoms with Gasteiger partial charge in [0.1, 0.15) is 18.3 Å². The molecule has 0 aromatic heterocycles. The van der Waals surface area contributed by atoms with E-state index in [0.29, 0.717) is 45.3 Å². The lowest BCUT2D eigenvalue weighted by molar-refractivity contribution is -0.133. The Morgan fingerprint density at radius 3 is 2.40 bits per heavy atom. The molecule has 0 aromatic carbocycles. The Balaban J connectivity index is 2.61. The van der Waals surface area contributed by atoms with Crippen molar-refractivity contribution in [3.8, 4) is 0 Å². The second kappa shape index (κ2) is 14.8. The number of aliphatic hydroxyl groups excluding tert-OH is 2. The van der Waals surface area contributed by atoms with Crippen LogP contribution in [0.4, 0.5) is 4.79 Å². The van der Waals surface area contributed by atoms with E-state index < -0.39 is 48.8 Å². The third kappa shape index (κ3) is 10.2. The number of urea groups is 1. The third-order valence-corrected chi connectivity index (χ3v) is 5.45. The first-order valence-corrected chi connectivity index (χ1v) is 11.6. The molecule has 4 atom stereocenters. The highest BCUT2D eigenvalue weighted by atomic mass is 16.3. The van der Waals surface area contributed by atoms with E-state index in [0.717, 1.165) is 0 Å². The minimum absolute atomic E-state index is 0.00571. The number of guanidine groups is 2. The van der Waals surface area contributed by atoms with Gasteiger partial charge in [-0.2, -0.15) is 0 Å². The average molecular weight is 501 g/mol. The fraction of sp³-hybridized carbons (Fsp3) is 0.750. The lowest BCUT2D eigenvalue weighted by Crippen LogP contribution is -2.62. The zero-order chi connectivity index (χ0) is 26.5. The normalized spacial score (nSPS) is 19.3. The largest absolute Gasteiger partial charge is 0.394 e. The van der Waals surface area contributed by atoms with Crippen LogP contribution in [0.5, 0.6) is 0 Å². The number of unbranched alkanes of at least 4 members (excludes halogenated alkanes) is 1. The molecule has 1 fully saturated rings. The first-order valence-electron chi connectivity index (χ1n) is 11.6. The number of nitrogens with two attached hydrogens (primary N) is 3. The van der Waals surface area contributed by atoms with Crippen molar-refractivity contribution in [2.45, 2.75) is 63.9 Å². The number of carbonyl (C=O) groups is 3. The number of aliphatic hydroxyl groups is 2. The standard InChI is InChI=1S/C20H40N10O5/c1-11(2)14(16(33)27-12-6-5-9-30(17(12)34)19(23)24)29-15(32)13(10-31)28-20(35)26-8-4-3-7-25-18(21)22/h11-14,17,31,34H,3-10H2,1-2H3,(H3,23,24)(H,27,33)(H,29,32)(H4,21,22,25)(H2,26,28,35)/t12-,13-,14-,17+/m0/s1. The fourth-order valence-electron chi connectivity index (χ4n) is 3.50. The molecule has 1 aliphatic heterocycles. The van der Waals surface area contributed by atoms with Crippen molar-refractivity contribution in [3.63, 3.8) is 0 Å².